The van der Waals surface area contributed by atoms with Gasteiger partial charge in [0.25, 0.3) is 0 Å². The molecule has 0 spiro atoms. The van der Waals surface area contributed by atoms with Crippen LogP contribution in [0.25, 0.3) is 0 Å². The van der Waals surface area contributed by atoms with Crippen LogP contribution in [0.4, 0.5) is 4.39 Å². The van der Waals surface area contributed by atoms with Crippen molar-refractivity contribution >= 4 is 0 Å². The maximum absolute atomic E-state index is 12.7. The summed E-state index contributed by atoms with van der Waals surface area (Å²) in [5, 5.41) is 8.82. The number of benzene rings is 1. The van der Waals surface area contributed by atoms with Crippen molar-refractivity contribution in [1.29, 1.82) is 5.26 Å². The van der Waals surface area contributed by atoms with Gasteiger partial charge in [0.1, 0.15) is 11.9 Å². The Morgan fingerprint density at radius 2 is 1.82 bits per heavy atom. The smallest absolute Gasteiger partial charge is 0.156 e. The quantitative estimate of drug-likeness (QED) is 0.642. The molecule has 3 heteroatoms. The van der Waals surface area contributed by atoms with Gasteiger partial charge in [0.15, 0.2) is 5.69 Å². The predicted octanol–water partition coefficient (Wildman–Crippen LogP) is 2.49. The largest absolute Gasteiger partial charge is 0.244 e. The van der Waals surface area contributed by atoms with Crippen LogP contribution >= 0.6 is 0 Å². The first-order valence-electron chi connectivity index (χ1n) is 4.92. The molecule has 0 bridgehead atoms. The minimum atomic E-state index is -0.297. The van der Waals surface area contributed by atoms with E-state index in [2.05, 4.69) is 16.8 Å². The Morgan fingerprint density at radius 1 is 1.06 bits per heavy atom. The van der Waals surface area contributed by atoms with Crippen molar-refractivity contribution in [1.82, 2.24) is 4.98 Å². The summed E-state index contributed by atoms with van der Waals surface area (Å²) < 4.78 is 12.7. The summed E-state index contributed by atoms with van der Waals surface area (Å²) in [4.78, 5) is 3.90. The van der Waals surface area contributed by atoms with Gasteiger partial charge in [-0.25, -0.2) is 9.37 Å². The zero-order valence-electron chi connectivity index (χ0n) is 8.81. The van der Waals surface area contributed by atoms with E-state index in [1.165, 1.54) is 12.1 Å². The molecule has 0 aliphatic heterocycles. The number of nitriles is 1. The molecule has 80 valence electrons. The van der Waals surface area contributed by atoms with Gasteiger partial charge in [0.2, 0.25) is 0 Å². The summed E-state index contributed by atoms with van der Waals surface area (Å²) in [6.07, 6.45) is 1.54. The van der Waals surface area contributed by atoms with Crippen LogP contribution < -0.4 is 0 Å². The molecule has 1 aromatic carbocycles. The fourth-order valence-corrected chi connectivity index (χ4v) is 1.27. The Balaban J connectivity index is 2.33. The number of hydrogen-bond acceptors (Lipinski definition) is 2. The van der Waals surface area contributed by atoms with Crippen LogP contribution in [-0.4, -0.2) is 4.98 Å². The van der Waals surface area contributed by atoms with E-state index in [9.17, 15) is 4.39 Å². The minimum Gasteiger partial charge on any atom is -0.244 e. The molecule has 1 heterocycles. The average Bonchev–Trinajstić information content (AvgIpc) is 2.38. The second-order valence-corrected chi connectivity index (χ2v) is 3.27. The van der Waals surface area contributed by atoms with E-state index >= 15 is 0 Å². The van der Waals surface area contributed by atoms with Crippen LogP contribution in [-0.2, 0) is 0 Å². The van der Waals surface area contributed by atoms with Gasteiger partial charge >= 0.3 is 0 Å². The van der Waals surface area contributed by atoms with E-state index in [1.54, 1.807) is 30.5 Å². The van der Waals surface area contributed by atoms with Crippen LogP contribution in [0.3, 0.4) is 0 Å². The molecule has 0 atom stereocenters. The van der Waals surface area contributed by atoms with Crippen LogP contribution in [0.15, 0.2) is 42.6 Å². The normalized spacial score (nSPS) is 8.94. The zero-order chi connectivity index (χ0) is 12.1. The minimum absolute atomic E-state index is 0.294. The third kappa shape index (κ3) is 2.68. The van der Waals surface area contributed by atoms with Crippen molar-refractivity contribution in [3.05, 3.63) is 65.2 Å². The highest BCUT2D eigenvalue weighted by Gasteiger charge is 1.97. The third-order valence-corrected chi connectivity index (χ3v) is 2.10. The van der Waals surface area contributed by atoms with E-state index < -0.39 is 0 Å². The molecule has 0 aliphatic rings. The summed E-state index contributed by atoms with van der Waals surface area (Å²) >= 11 is 0. The first kappa shape index (κ1) is 10.9. The molecule has 0 N–H and O–H groups in total. The molecule has 1 aromatic heterocycles. The molecule has 0 fully saturated rings. The van der Waals surface area contributed by atoms with Gasteiger partial charge in [-0.2, -0.15) is 5.26 Å². The zero-order valence-corrected chi connectivity index (χ0v) is 8.81. The Bertz CT molecular complexity index is 628. The average molecular weight is 222 g/mol. The first-order valence-corrected chi connectivity index (χ1v) is 4.92. The van der Waals surface area contributed by atoms with Gasteiger partial charge in [-0.3, -0.25) is 0 Å². The van der Waals surface area contributed by atoms with E-state index in [-0.39, 0.29) is 5.82 Å². The molecule has 0 unspecified atom stereocenters. The lowest BCUT2D eigenvalue weighted by Gasteiger charge is -1.92. The molecule has 2 nitrogen and oxygen atoms in total. The summed E-state index contributed by atoms with van der Waals surface area (Å²) in [6, 6.07) is 11.3. The fourth-order valence-electron chi connectivity index (χ4n) is 1.27. The van der Waals surface area contributed by atoms with E-state index in [0.29, 0.717) is 16.8 Å². The molecule has 0 radical (unpaired) electrons. The monoisotopic (exact) mass is 222 g/mol. The van der Waals surface area contributed by atoms with Crippen molar-refractivity contribution in [2.75, 3.05) is 0 Å². The molecule has 2 aromatic rings. The number of halogens is 1. The number of nitrogens with zero attached hydrogens (tertiary/aromatic N) is 2. The summed E-state index contributed by atoms with van der Waals surface area (Å²) in [7, 11) is 0. The van der Waals surface area contributed by atoms with Crippen molar-refractivity contribution in [2.24, 2.45) is 0 Å². The molecule has 0 aliphatic carbocycles. The lowest BCUT2D eigenvalue weighted by atomic mass is 10.1. The summed E-state index contributed by atoms with van der Waals surface area (Å²) in [5.74, 6) is 5.40. The van der Waals surface area contributed by atoms with Gasteiger partial charge in [-0.05, 0) is 36.4 Å². The number of rotatable bonds is 0. The second kappa shape index (κ2) is 4.92. The molecular weight excluding hydrogens is 215 g/mol. The maximum Gasteiger partial charge on any atom is 0.156 e. The lowest BCUT2D eigenvalue weighted by molar-refractivity contribution is 0.627. The Labute approximate surface area is 98.4 Å². The fraction of sp³-hybridized carbons (Fsp3) is 0. The SMILES string of the molecule is N#Cc1ncccc1C#Cc1ccc(F)cc1. The lowest BCUT2D eigenvalue weighted by Crippen LogP contribution is -1.87. The van der Waals surface area contributed by atoms with Crippen LogP contribution in [0, 0.1) is 29.0 Å². The van der Waals surface area contributed by atoms with E-state index in [1.807, 2.05) is 6.07 Å². The van der Waals surface area contributed by atoms with Crippen molar-refractivity contribution in [3.8, 4) is 17.9 Å². The van der Waals surface area contributed by atoms with Crippen molar-refractivity contribution in [2.45, 2.75) is 0 Å². The van der Waals surface area contributed by atoms with Gasteiger partial charge in [-0.15, -0.1) is 0 Å². The molecule has 0 amide bonds. The highest BCUT2D eigenvalue weighted by molar-refractivity contribution is 5.47. The highest BCUT2D eigenvalue weighted by Crippen LogP contribution is 2.04. The third-order valence-electron chi connectivity index (χ3n) is 2.10. The number of pyridine rings is 1. The molecule has 2 rings (SSSR count). The molecule has 0 saturated heterocycles. The highest BCUT2D eigenvalue weighted by atomic mass is 19.1. The number of aromatic nitrogens is 1. The van der Waals surface area contributed by atoms with Crippen molar-refractivity contribution < 1.29 is 4.39 Å². The molecule has 0 saturated carbocycles. The van der Waals surface area contributed by atoms with Gasteiger partial charge in [-0.1, -0.05) is 11.8 Å². The summed E-state index contributed by atoms with van der Waals surface area (Å²) in [5.41, 5.74) is 1.56. The standard InChI is InChI=1S/C14H7FN2/c15-13-7-4-11(5-8-13)3-6-12-2-1-9-17-14(12)10-16/h1-2,4-5,7-9H. The second-order valence-electron chi connectivity index (χ2n) is 3.27. The topological polar surface area (TPSA) is 36.7 Å². The van der Waals surface area contributed by atoms with Crippen LogP contribution in [0.5, 0.6) is 0 Å². The predicted molar refractivity (Wildman–Crippen MR) is 61.3 cm³/mol. The Morgan fingerprint density at radius 3 is 2.53 bits per heavy atom. The van der Waals surface area contributed by atoms with Crippen LogP contribution in [0.1, 0.15) is 16.8 Å². The molecule has 17 heavy (non-hydrogen) atoms. The van der Waals surface area contributed by atoms with E-state index in [4.69, 9.17) is 5.26 Å². The summed E-state index contributed by atoms with van der Waals surface area (Å²) in [6.45, 7) is 0. The van der Waals surface area contributed by atoms with Gasteiger partial charge < -0.3 is 0 Å². The van der Waals surface area contributed by atoms with Gasteiger partial charge in [0, 0.05) is 11.8 Å². The Kier molecular flexibility index (Phi) is 3.14. The van der Waals surface area contributed by atoms with Crippen LogP contribution in [0.2, 0.25) is 0 Å². The number of hydrogen-bond donors (Lipinski definition) is 0. The van der Waals surface area contributed by atoms with Crippen molar-refractivity contribution in [3.63, 3.8) is 0 Å². The first-order chi connectivity index (χ1) is 8.29. The van der Waals surface area contributed by atoms with Gasteiger partial charge in [0.05, 0.1) is 5.56 Å². The van der Waals surface area contributed by atoms with E-state index in [0.717, 1.165) is 0 Å². The molecular formula is C14H7FN2. The maximum atomic E-state index is 12.7. The Hall–Kier alpha value is -2.65.